The van der Waals surface area contributed by atoms with Crippen molar-refractivity contribution in [1.82, 2.24) is 10.6 Å². The molecule has 1 aliphatic carbocycles. The lowest BCUT2D eigenvalue weighted by molar-refractivity contribution is -0.120. The molecule has 5 rings (SSSR count). The molecule has 0 saturated heterocycles. The predicted molar refractivity (Wildman–Crippen MR) is 152 cm³/mol. The third-order valence-electron chi connectivity index (χ3n) is 6.36. The Morgan fingerprint density at radius 3 is 2.43 bits per heavy atom. The number of nitrogens with zero attached hydrogens (tertiary/aromatic N) is 1. The second-order valence-corrected chi connectivity index (χ2v) is 10.3. The molecule has 0 spiro atoms. The standard InChI is InChI=1S/C31H29N3O2S/c35-29(20-30-34-27-15-14-25(19-28(27)37-30)24-11-5-2-6-12-24)33-21-23-10-7-13-26(18-23)31(36)32-17-16-22-8-3-1-4-9-22/h1-15,18-19,27-28H,16-17,20-21H2,(H,32,36)(H,33,35). The van der Waals surface area contributed by atoms with Crippen LogP contribution in [0.5, 0.6) is 0 Å². The van der Waals surface area contributed by atoms with Crippen molar-refractivity contribution in [2.24, 2.45) is 4.99 Å². The van der Waals surface area contributed by atoms with Crippen LogP contribution < -0.4 is 10.6 Å². The van der Waals surface area contributed by atoms with Crippen LogP contribution in [0.25, 0.3) is 5.57 Å². The topological polar surface area (TPSA) is 70.6 Å². The van der Waals surface area contributed by atoms with Gasteiger partial charge >= 0.3 is 0 Å². The molecule has 0 bridgehead atoms. The van der Waals surface area contributed by atoms with Crippen LogP contribution in [0.2, 0.25) is 0 Å². The Kier molecular flexibility index (Phi) is 7.96. The van der Waals surface area contributed by atoms with Gasteiger partial charge in [0, 0.05) is 18.7 Å². The maximum atomic E-state index is 12.6. The van der Waals surface area contributed by atoms with Gasteiger partial charge in [0.1, 0.15) is 0 Å². The zero-order valence-corrected chi connectivity index (χ0v) is 21.3. The Balaban J connectivity index is 1.09. The Hall–Kier alpha value is -3.90. The smallest absolute Gasteiger partial charge is 0.251 e. The normalized spacial score (nSPS) is 17.9. The minimum absolute atomic E-state index is 0.0705. The molecule has 0 fully saturated rings. The van der Waals surface area contributed by atoms with Crippen molar-refractivity contribution in [3.8, 4) is 0 Å². The van der Waals surface area contributed by atoms with Crippen LogP contribution in [0, 0.1) is 0 Å². The van der Waals surface area contributed by atoms with Crippen molar-refractivity contribution < 1.29 is 9.59 Å². The number of amides is 2. The maximum Gasteiger partial charge on any atom is 0.251 e. The summed E-state index contributed by atoms with van der Waals surface area (Å²) in [6.07, 6.45) is 7.54. The molecule has 0 radical (unpaired) electrons. The maximum absolute atomic E-state index is 12.6. The lowest BCUT2D eigenvalue weighted by Crippen LogP contribution is -2.26. The fourth-order valence-corrected chi connectivity index (χ4v) is 5.63. The van der Waals surface area contributed by atoms with E-state index in [4.69, 9.17) is 4.99 Å². The summed E-state index contributed by atoms with van der Waals surface area (Å²) in [4.78, 5) is 30.0. The van der Waals surface area contributed by atoms with Gasteiger partial charge in [0.25, 0.3) is 5.91 Å². The number of hydrogen-bond acceptors (Lipinski definition) is 4. The molecule has 1 aliphatic heterocycles. The second kappa shape index (κ2) is 11.9. The Morgan fingerprint density at radius 2 is 1.62 bits per heavy atom. The van der Waals surface area contributed by atoms with Crippen molar-refractivity contribution in [3.63, 3.8) is 0 Å². The molecule has 2 atom stereocenters. The van der Waals surface area contributed by atoms with E-state index in [1.54, 1.807) is 17.8 Å². The first-order chi connectivity index (χ1) is 18.1. The highest BCUT2D eigenvalue weighted by Gasteiger charge is 2.30. The van der Waals surface area contributed by atoms with Gasteiger partial charge in [-0.15, -0.1) is 11.8 Å². The van der Waals surface area contributed by atoms with Crippen LogP contribution in [0.3, 0.4) is 0 Å². The van der Waals surface area contributed by atoms with Crippen LogP contribution in [0.4, 0.5) is 0 Å². The van der Waals surface area contributed by atoms with E-state index in [9.17, 15) is 9.59 Å². The molecule has 2 amide bonds. The monoisotopic (exact) mass is 507 g/mol. The number of carbonyl (C=O) groups is 2. The Bertz CT molecular complexity index is 1350. The quantitative estimate of drug-likeness (QED) is 0.418. The summed E-state index contributed by atoms with van der Waals surface area (Å²) in [7, 11) is 0. The largest absolute Gasteiger partial charge is 0.352 e. The highest BCUT2D eigenvalue weighted by Crippen LogP contribution is 2.36. The lowest BCUT2D eigenvalue weighted by atomic mass is 9.97. The molecule has 0 saturated carbocycles. The third-order valence-corrected chi connectivity index (χ3v) is 7.57. The molecule has 2 aliphatic rings. The zero-order chi connectivity index (χ0) is 25.5. The number of thioether (sulfide) groups is 1. The van der Waals surface area contributed by atoms with Crippen LogP contribution in [0.15, 0.2) is 108 Å². The first-order valence-electron chi connectivity index (χ1n) is 12.5. The number of nitrogens with one attached hydrogen (secondary N) is 2. The Labute approximate surface area is 221 Å². The van der Waals surface area contributed by atoms with Crippen LogP contribution in [0.1, 0.15) is 33.5 Å². The van der Waals surface area contributed by atoms with Crippen LogP contribution >= 0.6 is 11.8 Å². The van der Waals surface area contributed by atoms with E-state index in [0.29, 0.717) is 18.7 Å². The summed E-state index contributed by atoms with van der Waals surface area (Å²) >= 11 is 1.66. The van der Waals surface area contributed by atoms with Crippen molar-refractivity contribution in [3.05, 3.63) is 125 Å². The van der Waals surface area contributed by atoms with Crippen LogP contribution in [-0.4, -0.2) is 34.7 Å². The summed E-state index contributed by atoms with van der Waals surface area (Å²) in [6, 6.07) is 27.8. The molecule has 5 nitrogen and oxygen atoms in total. The molecular formula is C31H29N3O2S. The van der Waals surface area contributed by atoms with Gasteiger partial charge in [0.15, 0.2) is 0 Å². The van der Waals surface area contributed by atoms with Crippen molar-refractivity contribution in [2.45, 2.75) is 30.7 Å². The summed E-state index contributed by atoms with van der Waals surface area (Å²) < 4.78 is 0. The van der Waals surface area contributed by atoms with E-state index in [2.05, 4.69) is 41.0 Å². The van der Waals surface area contributed by atoms with E-state index < -0.39 is 0 Å². The molecular weight excluding hydrogens is 478 g/mol. The fourth-order valence-electron chi connectivity index (χ4n) is 4.42. The number of carbonyl (C=O) groups excluding carboxylic acids is 2. The summed E-state index contributed by atoms with van der Waals surface area (Å²) in [5.41, 5.74) is 5.05. The highest BCUT2D eigenvalue weighted by molar-refractivity contribution is 8.15. The average molecular weight is 508 g/mol. The summed E-state index contributed by atoms with van der Waals surface area (Å²) in [6.45, 7) is 0.940. The molecule has 3 aromatic carbocycles. The highest BCUT2D eigenvalue weighted by atomic mass is 32.2. The molecule has 3 aromatic rings. The predicted octanol–water partition coefficient (Wildman–Crippen LogP) is 5.20. The number of hydrogen-bond donors (Lipinski definition) is 2. The molecule has 1 heterocycles. The molecule has 6 heteroatoms. The number of aliphatic imine (C=N–C) groups is 1. The number of fused-ring (bicyclic) bond motifs is 1. The number of rotatable bonds is 9. The van der Waals surface area contributed by atoms with E-state index >= 15 is 0 Å². The minimum atomic E-state index is -0.112. The van der Waals surface area contributed by atoms with Crippen LogP contribution in [-0.2, 0) is 17.8 Å². The van der Waals surface area contributed by atoms with E-state index in [1.165, 1.54) is 16.7 Å². The van der Waals surface area contributed by atoms with Gasteiger partial charge in [0.05, 0.1) is 22.8 Å². The van der Waals surface area contributed by atoms with E-state index in [1.807, 2.05) is 66.7 Å². The van der Waals surface area contributed by atoms with Gasteiger partial charge in [-0.3, -0.25) is 14.6 Å². The van der Waals surface area contributed by atoms with Gasteiger partial charge in [-0.2, -0.15) is 0 Å². The van der Waals surface area contributed by atoms with Crippen molar-refractivity contribution >= 4 is 34.2 Å². The summed E-state index contributed by atoms with van der Waals surface area (Å²) in [5.74, 6) is -0.182. The van der Waals surface area contributed by atoms with Gasteiger partial charge in [0.2, 0.25) is 5.91 Å². The SMILES string of the molecule is O=C(CC1=NC2C=CC(c3ccccc3)=CC2S1)NCc1cccc(C(=O)NCCc2ccccc2)c1. The van der Waals surface area contributed by atoms with Crippen molar-refractivity contribution in [2.75, 3.05) is 6.54 Å². The lowest BCUT2D eigenvalue weighted by Gasteiger charge is -2.16. The average Bonchev–Trinajstić information content (AvgIpc) is 3.34. The number of allylic oxidation sites excluding steroid dienone is 2. The van der Waals surface area contributed by atoms with Gasteiger partial charge in [-0.05, 0) is 40.8 Å². The second-order valence-electron chi connectivity index (χ2n) is 9.09. The minimum Gasteiger partial charge on any atom is -0.352 e. The van der Waals surface area contributed by atoms with E-state index in [0.717, 1.165) is 17.0 Å². The molecule has 186 valence electrons. The fraction of sp³-hybridized carbons (Fsp3) is 0.194. The number of benzene rings is 3. The Morgan fingerprint density at radius 1 is 0.865 bits per heavy atom. The molecule has 2 unspecified atom stereocenters. The molecule has 0 aromatic heterocycles. The summed E-state index contributed by atoms with van der Waals surface area (Å²) in [5, 5.41) is 7.02. The van der Waals surface area contributed by atoms with Gasteiger partial charge in [-0.1, -0.05) is 91.0 Å². The molecule has 37 heavy (non-hydrogen) atoms. The zero-order valence-electron chi connectivity index (χ0n) is 20.5. The van der Waals surface area contributed by atoms with Gasteiger partial charge < -0.3 is 10.6 Å². The van der Waals surface area contributed by atoms with Gasteiger partial charge in [-0.25, -0.2) is 0 Å². The third kappa shape index (κ3) is 6.66. The first kappa shape index (κ1) is 24.8. The van der Waals surface area contributed by atoms with E-state index in [-0.39, 0.29) is 29.5 Å². The first-order valence-corrected chi connectivity index (χ1v) is 13.4. The molecule has 2 N–H and O–H groups in total. The van der Waals surface area contributed by atoms with Crippen molar-refractivity contribution in [1.29, 1.82) is 0 Å².